The third-order valence-corrected chi connectivity index (χ3v) is 4.29. The van der Waals surface area contributed by atoms with Crippen LogP contribution in [0, 0.1) is 10.1 Å². The first kappa shape index (κ1) is 19.8. The molecule has 148 valence electrons. The molecule has 0 aliphatic heterocycles. The van der Waals surface area contributed by atoms with Gasteiger partial charge in [-0.25, -0.2) is 0 Å². The zero-order chi connectivity index (χ0) is 20.8. The van der Waals surface area contributed by atoms with Crippen LogP contribution in [0.15, 0.2) is 66.7 Å². The van der Waals surface area contributed by atoms with Crippen molar-refractivity contribution in [2.24, 2.45) is 0 Å². The zero-order valence-electron chi connectivity index (χ0n) is 15.6. The number of benzene rings is 3. The van der Waals surface area contributed by atoms with Crippen LogP contribution in [-0.2, 0) is 16.0 Å². The first-order valence-electron chi connectivity index (χ1n) is 8.91. The second-order valence-corrected chi connectivity index (χ2v) is 6.34. The van der Waals surface area contributed by atoms with E-state index in [2.05, 4.69) is 10.9 Å². The fraction of sp³-hybridized carbons (Fsp3) is 0.143. The molecule has 0 bridgehead atoms. The molecule has 0 unspecified atom stereocenters. The average Bonchev–Trinajstić information content (AvgIpc) is 2.72. The molecule has 3 rings (SSSR count). The summed E-state index contributed by atoms with van der Waals surface area (Å²) in [7, 11) is 0. The van der Waals surface area contributed by atoms with E-state index in [0.717, 1.165) is 16.3 Å². The molecule has 0 saturated heterocycles. The highest BCUT2D eigenvalue weighted by Crippen LogP contribution is 2.26. The Bertz CT molecular complexity index is 1060. The van der Waals surface area contributed by atoms with Gasteiger partial charge < -0.3 is 4.74 Å². The molecule has 2 N–H and O–H groups in total. The predicted octanol–water partition coefficient (Wildman–Crippen LogP) is 2.91. The average molecular weight is 393 g/mol. The Balaban J connectivity index is 1.57. The van der Waals surface area contributed by atoms with Gasteiger partial charge in [0.15, 0.2) is 11.9 Å². The molecule has 0 spiro atoms. The van der Waals surface area contributed by atoms with Crippen molar-refractivity contribution >= 4 is 28.3 Å². The number of nitro groups is 1. The molecule has 0 fully saturated rings. The maximum atomic E-state index is 12.2. The fourth-order valence-corrected chi connectivity index (χ4v) is 2.85. The number of nitrogens with one attached hydrogen (secondary N) is 2. The van der Waals surface area contributed by atoms with E-state index in [4.69, 9.17) is 4.74 Å². The molecule has 2 amide bonds. The number of carbonyl (C=O) groups is 2. The summed E-state index contributed by atoms with van der Waals surface area (Å²) in [4.78, 5) is 34.8. The molecule has 0 saturated carbocycles. The normalized spacial score (nSPS) is 11.5. The van der Waals surface area contributed by atoms with Gasteiger partial charge in [-0.05, 0) is 29.3 Å². The second-order valence-electron chi connectivity index (χ2n) is 6.34. The lowest BCUT2D eigenvalue weighted by molar-refractivity contribution is -0.386. The minimum absolute atomic E-state index is 0.0257. The minimum Gasteiger partial charge on any atom is -0.474 e. The smallest absolute Gasteiger partial charge is 0.310 e. The van der Waals surface area contributed by atoms with Crippen molar-refractivity contribution < 1.29 is 19.2 Å². The lowest BCUT2D eigenvalue weighted by Gasteiger charge is -2.15. The number of hydrogen-bond donors (Lipinski definition) is 2. The van der Waals surface area contributed by atoms with Crippen LogP contribution in [-0.4, -0.2) is 22.8 Å². The van der Waals surface area contributed by atoms with Gasteiger partial charge in [-0.1, -0.05) is 54.6 Å². The van der Waals surface area contributed by atoms with E-state index >= 15 is 0 Å². The van der Waals surface area contributed by atoms with Crippen LogP contribution in [0.5, 0.6) is 5.75 Å². The first-order valence-corrected chi connectivity index (χ1v) is 8.91. The van der Waals surface area contributed by atoms with Gasteiger partial charge in [-0.15, -0.1) is 0 Å². The van der Waals surface area contributed by atoms with Crippen LogP contribution >= 0.6 is 0 Å². The van der Waals surface area contributed by atoms with Crippen molar-refractivity contribution in [2.75, 3.05) is 0 Å². The van der Waals surface area contributed by atoms with E-state index in [1.165, 1.54) is 25.1 Å². The molecular formula is C21H19N3O5. The van der Waals surface area contributed by atoms with Crippen molar-refractivity contribution in [2.45, 2.75) is 19.4 Å². The van der Waals surface area contributed by atoms with E-state index in [1.807, 2.05) is 42.5 Å². The number of nitrogens with zero attached hydrogens (tertiary/aromatic N) is 1. The first-order chi connectivity index (χ1) is 14.0. The van der Waals surface area contributed by atoms with Gasteiger partial charge in [0, 0.05) is 6.07 Å². The van der Waals surface area contributed by atoms with Crippen molar-refractivity contribution in [3.05, 3.63) is 82.4 Å². The monoisotopic (exact) mass is 393 g/mol. The van der Waals surface area contributed by atoms with Crippen molar-refractivity contribution in [3.8, 4) is 5.75 Å². The number of amides is 2. The van der Waals surface area contributed by atoms with E-state index < -0.39 is 22.8 Å². The summed E-state index contributed by atoms with van der Waals surface area (Å²) in [6.45, 7) is 1.43. The number of fused-ring (bicyclic) bond motifs is 1. The Kier molecular flexibility index (Phi) is 6.03. The lowest BCUT2D eigenvalue weighted by atomic mass is 10.0. The van der Waals surface area contributed by atoms with Crippen molar-refractivity contribution in [1.82, 2.24) is 10.9 Å². The number of hydrogen-bond acceptors (Lipinski definition) is 5. The number of nitro benzene ring substituents is 1. The molecule has 8 nitrogen and oxygen atoms in total. The molecule has 0 heterocycles. The van der Waals surface area contributed by atoms with Crippen molar-refractivity contribution in [3.63, 3.8) is 0 Å². The highest BCUT2D eigenvalue weighted by Gasteiger charge is 2.21. The maximum absolute atomic E-state index is 12.2. The van der Waals surface area contributed by atoms with Gasteiger partial charge in [0.05, 0.1) is 11.3 Å². The van der Waals surface area contributed by atoms with E-state index in [9.17, 15) is 19.7 Å². The lowest BCUT2D eigenvalue weighted by Crippen LogP contribution is -2.47. The molecule has 1 atom stereocenters. The number of ether oxygens (including phenoxy) is 1. The molecule has 0 aliphatic rings. The number of carbonyl (C=O) groups excluding carboxylic acids is 2. The van der Waals surface area contributed by atoms with Gasteiger partial charge >= 0.3 is 5.69 Å². The molecule has 3 aromatic rings. The third kappa shape index (κ3) is 4.86. The minimum atomic E-state index is -1.05. The Morgan fingerprint density at radius 1 is 1.00 bits per heavy atom. The SMILES string of the molecule is C[C@H](Oc1ccccc1[N+](=O)[O-])C(=O)NNC(=O)Cc1cccc2ccccc12. The van der Waals surface area contributed by atoms with Crippen LogP contribution in [0.25, 0.3) is 10.8 Å². The van der Waals surface area contributed by atoms with Crippen LogP contribution in [0.1, 0.15) is 12.5 Å². The van der Waals surface area contributed by atoms with Crippen LogP contribution in [0.4, 0.5) is 5.69 Å². The molecule has 29 heavy (non-hydrogen) atoms. The molecule has 0 aromatic heterocycles. The maximum Gasteiger partial charge on any atom is 0.310 e. The van der Waals surface area contributed by atoms with Gasteiger partial charge in [0.2, 0.25) is 5.91 Å². The van der Waals surface area contributed by atoms with Crippen LogP contribution in [0.3, 0.4) is 0 Å². The third-order valence-electron chi connectivity index (χ3n) is 4.29. The fourth-order valence-electron chi connectivity index (χ4n) is 2.85. The molecular weight excluding hydrogens is 374 g/mol. The summed E-state index contributed by atoms with van der Waals surface area (Å²) in [6, 6.07) is 19.1. The van der Waals surface area contributed by atoms with E-state index in [0.29, 0.717) is 0 Å². The van der Waals surface area contributed by atoms with Crippen LogP contribution < -0.4 is 15.6 Å². The number of para-hydroxylation sites is 2. The molecule has 0 radical (unpaired) electrons. The second kappa shape index (κ2) is 8.83. The molecule has 3 aromatic carbocycles. The summed E-state index contributed by atoms with van der Waals surface area (Å²) in [5.74, 6) is -1.05. The molecule has 8 heteroatoms. The Hall–Kier alpha value is -3.94. The number of rotatable bonds is 6. The summed E-state index contributed by atoms with van der Waals surface area (Å²) in [5.41, 5.74) is 5.22. The predicted molar refractivity (Wildman–Crippen MR) is 107 cm³/mol. The van der Waals surface area contributed by atoms with Gasteiger partial charge in [0.25, 0.3) is 5.91 Å². The van der Waals surface area contributed by atoms with Crippen molar-refractivity contribution in [1.29, 1.82) is 0 Å². The summed E-state index contributed by atoms with van der Waals surface area (Å²) < 4.78 is 5.37. The Labute approximate surface area is 166 Å². The highest BCUT2D eigenvalue weighted by atomic mass is 16.6. The van der Waals surface area contributed by atoms with Gasteiger partial charge in [-0.3, -0.25) is 30.6 Å². The summed E-state index contributed by atoms with van der Waals surface area (Å²) >= 11 is 0. The van der Waals surface area contributed by atoms with Gasteiger partial charge in [0.1, 0.15) is 0 Å². The number of hydrazine groups is 1. The van der Waals surface area contributed by atoms with E-state index in [1.54, 1.807) is 6.07 Å². The highest BCUT2D eigenvalue weighted by molar-refractivity contribution is 5.91. The Morgan fingerprint density at radius 3 is 2.48 bits per heavy atom. The summed E-state index contributed by atoms with van der Waals surface area (Å²) in [5, 5.41) is 13.0. The largest absolute Gasteiger partial charge is 0.474 e. The van der Waals surface area contributed by atoms with Gasteiger partial charge in [-0.2, -0.15) is 0 Å². The quantitative estimate of drug-likeness (QED) is 0.494. The molecule has 0 aliphatic carbocycles. The van der Waals surface area contributed by atoms with E-state index in [-0.39, 0.29) is 17.9 Å². The topological polar surface area (TPSA) is 111 Å². The van der Waals surface area contributed by atoms with Crippen LogP contribution in [0.2, 0.25) is 0 Å². The summed E-state index contributed by atoms with van der Waals surface area (Å²) in [6.07, 6.45) is -0.963. The standard InChI is InChI=1S/C21H19N3O5/c1-14(29-19-12-5-4-11-18(19)24(27)28)21(26)23-22-20(25)13-16-9-6-8-15-7-2-3-10-17(15)16/h2-12,14H,13H2,1H3,(H,22,25)(H,23,26)/t14-/m0/s1. The zero-order valence-corrected chi connectivity index (χ0v) is 15.6. The Morgan fingerprint density at radius 2 is 1.69 bits per heavy atom.